The minimum absolute atomic E-state index is 0.156. The molecule has 0 aliphatic heterocycles. The van der Waals surface area contributed by atoms with E-state index in [1.165, 1.54) is 13.1 Å². The summed E-state index contributed by atoms with van der Waals surface area (Å²) >= 11 is 0. The summed E-state index contributed by atoms with van der Waals surface area (Å²) in [4.78, 5) is 3.56. The lowest BCUT2D eigenvalue weighted by Crippen LogP contribution is -2.27. The Morgan fingerprint density at radius 2 is 2.46 bits per heavy atom. The zero-order valence-corrected chi connectivity index (χ0v) is 7.95. The van der Waals surface area contributed by atoms with Gasteiger partial charge in [0, 0.05) is 13.6 Å². The average molecular weight is 202 g/mol. The summed E-state index contributed by atoms with van der Waals surface area (Å²) in [5.41, 5.74) is 0. The Labute approximate surface area is 76.3 Å². The summed E-state index contributed by atoms with van der Waals surface area (Å²) in [6.45, 7) is 3.68. The van der Waals surface area contributed by atoms with E-state index in [9.17, 15) is 8.42 Å². The van der Waals surface area contributed by atoms with Gasteiger partial charge >= 0.3 is 0 Å². The first-order valence-corrected chi connectivity index (χ1v) is 4.95. The fraction of sp³-hybridized carbons (Fsp3) is 0.333. The third kappa shape index (κ3) is 1.93. The molecule has 0 unspecified atom stereocenters. The van der Waals surface area contributed by atoms with Crippen molar-refractivity contribution in [1.29, 1.82) is 0 Å². The normalized spacial score (nSPS) is 11.8. The Kier molecular flexibility index (Phi) is 2.79. The van der Waals surface area contributed by atoms with E-state index in [2.05, 4.69) is 21.8 Å². The lowest BCUT2D eigenvalue weighted by atomic mass is 10.6. The number of nitrogens with zero attached hydrogens (tertiary/aromatic N) is 3. The minimum Gasteiger partial charge on any atom is -0.249 e. The predicted molar refractivity (Wildman–Crippen MR) is 46.4 cm³/mol. The molecule has 0 spiro atoms. The Balaban J connectivity index is 2.96. The monoisotopic (exact) mass is 202 g/mol. The van der Waals surface area contributed by atoms with E-state index in [-0.39, 0.29) is 11.7 Å². The van der Waals surface area contributed by atoms with E-state index in [0.29, 0.717) is 0 Å². The number of H-pyrrole nitrogens is 1. The molecule has 13 heavy (non-hydrogen) atoms. The van der Waals surface area contributed by atoms with Crippen molar-refractivity contribution >= 4 is 10.0 Å². The van der Waals surface area contributed by atoms with Crippen LogP contribution in [0.3, 0.4) is 0 Å². The van der Waals surface area contributed by atoms with Gasteiger partial charge in [0.05, 0.1) is 0 Å². The van der Waals surface area contributed by atoms with Gasteiger partial charge < -0.3 is 0 Å². The molecule has 0 aliphatic carbocycles. The molecule has 0 saturated heterocycles. The SMILES string of the molecule is C=CCN(C)S(=O)(=O)c1ncn[nH]1. The highest BCUT2D eigenvalue weighted by Gasteiger charge is 2.22. The smallest absolute Gasteiger partial charge is 0.249 e. The van der Waals surface area contributed by atoms with Crippen LogP contribution in [0.5, 0.6) is 0 Å². The molecule has 1 rings (SSSR count). The van der Waals surface area contributed by atoms with Crippen molar-refractivity contribution in [2.45, 2.75) is 5.16 Å². The lowest BCUT2D eigenvalue weighted by molar-refractivity contribution is 0.492. The minimum atomic E-state index is -3.52. The van der Waals surface area contributed by atoms with Crippen molar-refractivity contribution in [3.63, 3.8) is 0 Å². The van der Waals surface area contributed by atoms with Gasteiger partial charge in [-0.1, -0.05) is 6.08 Å². The summed E-state index contributed by atoms with van der Waals surface area (Å²) in [7, 11) is -2.08. The first kappa shape index (κ1) is 9.87. The van der Waals surface area contributed by atoms with Crippen LogP contribution in [0.15, 0.2) is 24.1 Å². The van der Waals surface area contributed by atoms with Gasteiger partial charge in [-0.3, -0.25) is 0 Å². The van der Waals surface area contributed by atoms with E-state index in [0.717, 1.165) is 10.6 Å². The summed E-state index contributed by atoms with van der Waals surface area (Å²) < 4.78 is 24.2. The highest BCUT2D eigenvalue weighted by molar-refractivity contribution is 7.88. The van der Waals surface area contributed by atoms with Gasteiger partial charge in [0.25, 0.3) is 15.2 Å². The predicted octanol–water partition coefficient (Wildman–Crippen LogP) is -0.389. The summed E-state index contributed by atoms with van der Waals surface area (Å²) in [6, 6.07) is 0. The van der Waals surface area contributed by atoms with Crippen molar-refractivity contribution < 1.29 is 8.42 Å². The van der Waals surface area contributed by atoms with Crippen LogP contribution in [-0.4, -0.2) is 41.5 Å². The second kappa shape index (κ2) is 3.67. The molecule has 0 aromatic carbocycles. The molecule has 0 amide bonds. The number of nitrogens with one attached hydrogen (secondary N) is 1. The maximum atomic E-state index is 11.5. The van der Waals surface area contributed by atoms with Crippen LogP contribution in [-0.2, 0) is 10.0 Å². The summed E-state index contributed by atoms with van der Waals surface area (Å²) in [5.74, 6) is 0. The number of hydrogen-bond donors (Lipinski definition) is 1. The van der Waals surface area contributed by atoms with Crippen molar-refractivity contribution in [2.24, 2.45) is 0 Å². The maximum Gasteiger partial charge on any atom is 0.278 e. The summed E-state index contributed by atoms with van der Waals surface area (Å²) in [5, 5.41) is 5.60. The zero-order valence-electron chi connectivity index (χ0n) is 7.14. The van der Waals surface area contributed by atoms with Crippen molar-refractivity contribution in [3.8, 4) is 0 Å². The van der Waals surface area contributed by atoms with Crippen LogP contribution in [0.4, 0.5) is 0 Å². The fourth-order valence-corrected chi connectivity index (χ4v) is 1.69. The second-order valence-electron chi connectivity index (χ2n) is 2.36. The topological polar surface area (TPSA) is 79.0 Å². The first-order valence-electron chi connectivity index (χ1n) is 3.51. The molecular weight excluding hydrogens is 192 g/mol. The van der Waals surface area contributed by atoms with E-state index in [1.807, 2.05) is 0 Å². The number of aromatic amines is 1. The van der Waals surface area contributed by atoms with Crippen LogP contribution in [0.1, 0.15) is 0 Å². The number of sulfonamides is 1. The Morgan fingerprint density at radius 1 is 1.77 bits per heavy atom. The fourth-order valence-electron chi connectivity index (χ4n) is 0.746. The van der Waals surface area contributed by atoms with Gasteiger partial charge in [0.1, 0.15) is 6.33 Å². The average Bonchev–Trinajstić information content (AvgIpc) is 2.56. The van der Waals surface area contributed by atoms with Gasteiger partial charge in [0.2, 0.25) is 0 Å². The van der Waals surface area contributed by atoms with E-state index >= 15 is 0 Å². The van der Waals surface area contributed by atoms with Crippen molar-refractivity contribution in [2.75, 3.05) is 13.6 Å². The molecule has 0 bridgehead atoms. The Morgan fingerprint density at radius 3 is 2.92 bits per heavy atom. The van der Waals surface area contributed by atoms with Gasteiger partial charge in [0.15, 0.2) is 0 Å². The maximum absolute atomic E-state index is 11.5. The molecule has 0 fully saturated rings. The van der Waals surface area contributed by atoms with Crippen LogP contribution in [0, 0.1) is 0 Å². The molecule has 72 valence electrons. The Hall–Kier alpha value is -1.21. The molecule has 6 nitrogen and oxygen atoms in total. The van der Waals surface area contributed by atoms with Crippen LogP contribution in [0.25, 0.3) is 0 Å². The molecule has 0 radical (unpaired) electrons. The molecule has 1 N–H and O–H groups in total. The molecule has 1 aromatic rings. The molecule has 0 atom stereocenters. The number of rotatable bonds is 4. The van der Waals surface area contributed by atoms with Gasteiger partial charge in [-0.25, -0.2) is 18.5 Å². The number of hydrogen-bond acceptors (Lipinski definition) is 4. The zero-order chi connectivity index (χ0) is 9.90. The van der Waals surface area contributed by atoms with E-state index < -0.39 is 10.0 Å². The number of aromatic nitrogens is 3. The number of likely N-dealkylation sites (N-methyl/N-ethyl adjacent to an activating group) is 1. The second-order valence-corrected chi connectivity index (χ2v) is 4.33. The van der Waals surface area contributed by atoms with Crippen molar-refractivity contribution in [1.82, 2.24) is 19.5 Å². The molecule has 0 aliphatic rings. The Bertz CT molecular complexity index is 369. The quantitative estimate of drug-likeness (QED) is 0.674. The highest BCUT2D eigenvalue weighted by Crippen LogP contribution is 2.06. The first-order chi connectivity index (χ1) is 6.09. The molecular formula is C6H10N4O2S. The van der Waals surface area contributed by atoms with Crippen LogP contribution >= 0.6 is 0 Å². The van der Waals surface area contributed by atoms with Gasteiger partial charge in [-0.2, -0.15) is 9.40 Å². The van der Waals surface area contributed by atoms with E-state index in [4.69, 9.17) is 0 Å². The van der Waals surface area contributed by atoms with E-state index in [1.54, 1.807) is 0 Å². The van der Waals surface area contributed by atoms with Gasteiger partial charge in [-0.15, -0.1) is 6.58 Å². The van der Waals surface area contributed by atoms with Crippen LogP contribution in [0.2, 0.25) is 0 Å². The molecule has 7 heteroatoms. The lowest BCUT2D eigenvalue weighted by Gasteiger charge is -2.11. The molecule has 0 saturated carbocycles. The molecule has 1 aromatic heterocycles. The largest absolute Gasteiger partial charge is 0.278 e. The standard InChI is InChI=1S/C6H10N4O2S/c1-3-4-10(2)13(11,12)6-7-5-8-9-6/h3,5H,1,4H2,2H3,(H,7,8,9). The summed E-state index contributed by atoms with van der Waals surface area (Å²) in [6.07, 6.45) is 2.64. The van der Waals surface area contributed by atoms with Crippen LogP contribution < -0.4 is 0 Å². The molecule has 1 heterocycles. The third-order valence-electron chi connectivity index (χ3n) is 1.43. The van der Waals surface area contributed by atoms with Crippen molar-refractivity contribution in [3.05, 3.63) is 19.0 Å². The van der Waals surface area contributed by atoms with Gasteiger partial charge in [-0.05, 0) is 0 Å². The highest BCUT2D eigenvalue weighted by atomic mass is 32.2. The third-order valence-corrected chi connectivity index (χ3v) is 3.09.